The molecule has 0 aliphatic heterocycles. The predicted molar refractivity (Wildman–Crippen MR) is 93.1 cm³/mol. The molecule has 5 nitrogen and oxygen atoms in total. The first kappa shape index (κ1) is 18.9. The number of benzene rings is 2. The molecule has 0 bridgehead atoms. The average Bonchev–Trinajstić information content (AvgIpc) is 3.09. The van der Waals surface area contributed by atoms with Crippen molar-refractivity contribution in [1.82, 2.24) is 10.1 Å². The molecule has 9 heteroatoms. The van der Waals surface area contributed by atoms with Crippen molar-refractivity contribution >= 4 is 23.2 Å². The van der Waals surface area contributed by atoms with Gasteiger partial charge in [0.25, 0.3) is 0 Å². The average molecular weight is 396 g/mol. The van der Waals surface area contributed by atoms with Gasteiger partial charge in [0, 0.05) is 23.4 Å². The van der Waals surface area contributed by atoms with Crippen molar-refractivity contribution in [2.45, 2.75) is 19.0 Å². The Kier molecular flexibility index (Phi) is 5.46. The molecule has 1 heterocycles. The molecule has 0 aliphatic carbocycles. The Bertz CT molecular complexity index is 940. The van der Waals surface area contributed by atoms with Crippen molar-refractivity contribution in [2.24, 2.45) is 0 Å². The minimum Gasteiger partial charge on any atom is -0.339 e. The van der Waals surface area contributed by atoms with Crippen LogP contribution in [0.5, 0.6) is 0 Å². The SMILES string of the molecule is O=C(CCc1nc(-c2ccc(Cl)cc2)no1)Nc1ccccc1C(F)(F)F. The van der Waals surface area contributed by atoms with Crippen LogP contribution in [0, 0.1) is 0 Å². The Hall–Kier alpha value is -2.87. The Morgan fingerprint density at radius 3 is 2.52 bits per heavy atom. The minimum atomic E-state index is -4.55. The molecule has 140 valence electrons. The number of rotatable bonds is 5. The van der Waals surface area contributed by atoms with Crippen LogP contribution >= 0.6 is 11.6 Å². The summed E-state index contributed by atoms with van der Waals surface area (Å²) in [6.07, 6.45) is -4.56. The second-order valence-electron chi connectivity index (χ2n) is 5.61. The maximum absolute atomic E-state index is 12.9. The third-order valence-electron chi connectivity index (χ3n) is 3.64. The van der Waals surface area contributed by atoms with Crippen molar-refractivity contribution in [3.05, 3.63) is 65.0 Å². The molecular formula is C18H13ClF3N3O2. The number of para-hydroxylation sites is 1. The van der Waals surface area contributed by atoms with Crippen LogP contribution in [0.2, 0.25) is 5.02 Å². The molecular weight excluding hydrogens is 383 g/mol. The van der Waals surface area contributed by atoms with E-state index in [2.05, 4.69) is 15.5 Å². The fourth-order valence-electron chi connectivity index (χ4n) is 2.35. The summed E-state index contributed by atoms with van der Waals surface area (Å²) in [5.74, 6) is -0.0401. The van der Waals surface area contributed by atoms with Gasteiger partial charge in [-0.3, -0.25) is 4.79 Å². The van der Waals surface area contributed by atoms with E-state index < -0.39 is 17.6 Å². The lowest BCUT2D eigenvalue weighted by Crippen LogP contribution is -2.16. The van der Waals surface area contributed by atoms with Crippen LogP contribution < -0.4 is 5.32 Å². The number of hydrogen-bond donors (Lipinski definition) is 1. The fraction of sp³-hybridized carbons (Fsp3) is 0.167. The van der Waals surface area contributed by atoms with E-state index in [1.807, 2.05) is 0 Å². The number of aryl methyl sites for hydroxylation is 1. The van der Waals surface area contributed by atoms with Gasteiger partial charge in [0.1, 0.15) is 0 Å². The molecule has 1 aromatic heterocycles. The minimum absolute atomic E-state index is 0.0978. The molecule has 0 fully saturated rings. The molecule has 0 atom stereocenters. The van der Waals surface area contributed by atoms with E-state index in [1.165, 1.54) is 18.2 Å². The molecule has 3 rings (SSSR count). The van der Waals surface area contributed by atoms with Crippen LogP contribution in [0.25, 0.3) is 11.4 Å². The van der Waals surface area contributed by atoms with E-state index in [-0.39, 0.29) is 24.4 Å². The molecule has 27 heavy (non-hydrogen) atoms. The number of anilines is 1. The first-order valence-corrected chi connectivity index (χ1v) is 8.25. The van der Waals surface area contributed by atoms with E-state index in [0.29, 0.717) is 16.4 Å². The second kappa shape index (κ2) is 7.79. The highest BCUT2D eigenvalue weighted by Crippen LogP contribution is 2.34. The van der Waals surface area contributed by atoms with Gasteiger partial charge < -0.3 is 9.84 Å². The van der Waals surface area contributed by atoms with Gasteiger partial charge in [-0.2, -0.15) is 18.2 Å². The molecule has 0 saturated heterocycles. The summed E-state index contributed by atoms with van der Waals surface area (Å²) in [6, 6.07) is 11.6. The van der Waals surface area contributed by atoms with Gasteiger partial charge in [-0.05, 0) is 36.4 Å². The number of carbonyl (C=O) groups is 1. The largest absolute Gasteiger partial charge is 0.418 e. The van der Waals surface area contributed by atoms with Gasteiger partial charge in [0.2, 0.25) is 17.6 Å². The summed E-state index contributed by atoms with van der Waals surface area (Å²) in [7, 11) is 0. The van der Waals surface area contributed by atoms with E-state index in [9.17, 15) is 18.0 Å². The third-order valence-corrected chi connectivity index (χ3v) is 3.89. The normalized spacial score (nSPS) is 11.4. The van der Waals surface area contributed by atoms with Crippen LogP contribution in [-0.4, -0.2) is 16.0 Å². The topological polar surface area (TPSA) is 68.0 Å². The van der Waals surface area contributed by atoms with E-state index in [1.54, 1.807) is 24.3 Å². The van der Waals surface area contributed by atoms with Gasteiger partial charge >= 0.3 is 6.18 Å². The van der Waals surface area contributed by atoms with Crippen molar-refractivity contribution < 1.29 is 22.5 Å². The fourth-order valence-corrected chi connectivity index (χ4v) is 2.47. The standard InChI is InChI=1S/C18H13ClF3N3O2/c19-12-7-5-11(6-8-12)17-24-16(27-25-17)10-9-15(26)23-14-4-2-1-3-13(14)18(20,21)22/h1-8H,9-10H2,(H,23,26). The highest BCUT2D eigenvalue weighted by atomic mass is 35.5. The summed E-state index contributed by atoms with van der Waals surface area (Å²) in [4.78, 5) is 16.2. The summed E-state index contributed by atoms with van der Waals surface area (Å²) >= 11 is 5.82. The number of nitrogens with one attached hydrogen (secondary N) is 1. The molecule has 0 aliphatic rings. The maximum Gasteiger partial charge on any atom is 0.418 e. The zero-order chi connectivity index (χ0) is 19.4. The molecule has 0 spiro atoms. The molecule has 3 aromatic rings. The third kappa shape index (κ3) is 4.85. The Morgan fingerprint density at radius 1 is 1.11 bits per heavy atom. The number of aromatic nitrogens is 2. The van der Waals surface area contributed by atoms with Crippen molar-refractivity contribution in [2.75, 3.05) is 5.32 Å². The Labute approximate surface area is 157 Å². The molecule has 1 amide bonds. The monoisotopic (exact) mass is 395 g/mol. The Balaban J connectivity index is 1.61. The van der Waals surface area contributed by atoms with Crippen LogP contribution in [0.1, 0.15) is 17.9 Å². The van der Waals surface area contributed by atoms with E-state index in [0.717, 1.165) is 6.07 Å². The van der Waals surface area contributed by atoms with E-state index >= 15 is 0 Å². The highest BCUT2D eigenvalue weighted by Gasteiger charge is 2.33. The first-order valence-electron chi connectivity index (χ1n) is 7.87. The first-order chi connectivity index (χ1) is 12.8. The zero-order valence-corrected chi connectivity index (χ0v) is 14.5. The van der Waals surface area contributed by atoms with Crippen molar-refractivity contribution in [3.63, 3.8) is 0 Å². The maximum atomic E-state index is 12.9. The Morgan fingerprint density at radius 2 is 1.81 bits per heavy atom. The smallest absolute Gasteiger partial charge is 0.339 e. The lowest BCUT2D eigenvalue weighted by Gasteiger charge is -2.13. The lowest BCUT2D eigenvalue weighted by atomic mass is 10.1. The van der Waals surface area contributed by atoms with Crippen LogP contribution in [0.3, 0.4) is 0 Å². The molecule has 0 radical (unpaired) electrons. The summed E-state index contributed by atoms with van der Waals surface area (Å²) in [6.45, 7) is 0. The van der Waals surface area contributed by atoms with Gasteiger partial charge in [-0.15, -0.1) is 0 Å². The molecule has 1 N–H and O–H groups in total. The van der Waals surface area contributed by atoms with Gasteiger partial charge in [0.05, 0.1) is 11.3 Å². The lowest BCUT2D eigenvalue weighted by molar-refractivity contribution is -0.137. The molecule has 0 saturated carbocycles. The van der Waals surface area contributed by atoms with Crippen LogP contribution in [0.15, 0.2) is 53.1 Å². The highest BCUT2D eigenvalue weighted by molar-refractivity contribution is 6.30. The number of nitrogens with zero attached hydrogens (tertiary/aromatic N) is 2. The quantitative estimate of drug-likeness (QED) is 0.661. The summed E-state index contributed by atoms with van der Waals surface area (Å²) in [5, 5.41) is 6.65. The number of hydrogen-bond acceptors (Lipinski definition) is 4. The van der Waals surface area contributed by atoms with Crippen LogP contribution in [-0.2, 0) is 17.4 Å². The number of halogens is 4. The van der Waals surface area contributed by atoms with E-state index in [4.69, 9.17) is 16.1 Å². The molecule has 0 unspecified atom stereocenters. The van der Waals surface area contributed by atoms with Gasteiger partial charge in [0.15, 0.2) is 0 Å². The van der Waals surface area contributed by atoms with Gasteiger partial charge in [-0.25, -0.2) is 0 Å². The summed E-state index contributed by atoms with van der Waals surface area (Å²) < 4.78 is 43.9. The molecule has 2 aromatic carbocycles. The number of amides is 1. The summed E-state index contributed by atoms with van der Waals surface area (Å²) in [5.41, 5.74) is -0.499. The number of alkyl halides is 3. The van der Waals surface area contributed by atoms with Crippen LogP contribution in [0.4, 0.5) is 18.9 Å². The number of carbonyl (C=O) groups excluding carboxylic acids is 1. The zero-order valence-electron chi connectivity index (χ0n) is 13.8. The second-order valence-corrected chi connectivity index (χ2v) is 6.05. The van der Waals surface area contributed by atoms with Crippen molar-refractivity contribution in [1.29, 1.82) is 0 Å². The van der Waals surface area contributed by atoms with Gasteiger partial charge in [-0.1, -0.05) is 28.9 Å². The van der Waals surface area contributed by atoms with Crippen molar-refractivity contribution in [3.8, 4) is 11.4 Å². The predicted octanol–water partition coefficient (Wildman–Crippen LogP) is 4.98.